The van der Waals surface area contributed by atoms with Crippen LogP contribution in [0.25, 0.3) is 0 Å². The quantitative estimate of drug-likeness (QED) is 0.311. The normalized spacial score (nSPS) is 19.2. The monoisotopic (exact) mass is 350 g/mol. The second kappa shape index (κ2) is 6.20. The highest BCUT2D eigenvalue weighted by Gasteiger charge is 2.32. The number of phenolic OH excluding ortho intramolecular Hbond substituents is 1. The van der Waals surface area contributed by atoms with Gasteiger partial charge in [0.05, 0.1) is 5.55 Å². The molecule has 1 aromatic rings. The molecule has 24 heavy (non-hydrogen) atoms. The van der Waals surface area contributed by atoms with Crippen molar-refractivity contribution in [3.05, 3.63) is 28.8 Å². The van der Waals surface area contributed by atoms with Crippen LogP contribution < -0.4 is 5.73 Å². The van der Waals surface area contributed by atoms with E-state index in [1.807, 2.05) is 12.1 Å². The van der Waals surface area contributed by atoms with Gasteiger partial charge in [-0.3, -0.25) is 0 Å². The SMILES string of the molecule is CC(C)(C)c1cc(C2SC=NN2C(N)=NO)cc(C(C)(C)C)c1O. The number of hydrazone groups is 1. The van der Waals surface area contributed by atoms with Gasteiger partial charge >= 0.3 is 0 Å². The van der Waals surface area contributed by atoms with Gasteiger partial charge in [-0.05, 0) is 44.8 Å². The lowest BCUT2D eigenvalue weighted by Gasteiger charge is -2.30. The van der Waals surface area contributed by atoms with Gasteiger partial charge < -0.3 is 16.0 Å². The molecule has 0 amide bonds. The van der Waals surface area contributed by atoms with Crippen molar-refractivity contribution in [3.63, 3.8) is 0 Å². The zero-order chi connectivity index (χ0) is 18.3. The fourth-order valence-corrected chi connectivity index (χ4v) is 3.48. The van der Waals surface area contributed by atoms with E-state index in [0.717, 1.165) is 16.7 Å². The second-order valence-corrected chi connectivity index (χ2v) is 8.91. The van der Waals surface area contributed by atoms with Crippen molar-refractivity contribution in [1.82, 2.24) is 5.01 Å². The van der Waals surface area contributed by atoms with E-state index in [0.29, 0.717) is 5.75 Å². The molecule has 0 bridgehead atoms. The van der Waals surface area contributed by atoms with Crippen LogP contribution in [0, 0.1) is 0 Å². The summed E-state index contributed by atoms with van der Waals surface area (Å²) in [5, 5.41) is 28.2. The average molecular weight is 350 g/mol. The van der Waals surface area contributed by atoms with Crippen LogP contribution >= 0.6 is 11.8 Å². The van der Waals surface area contributed by atoms with E-state index >= 15 is 0 Å². The van der Waals surface area contributed by atoms with E-state index in [2.05, 4.69) is 51.8 Å². The number of rotatable bonds is 1. The molecule has 1 aliphatic rings. The Morgan fingerprint density at radius 2 is 1.67 bits per heavy atom. The van der Waals surface area contributed by atoms with Crippen LogP contribution in [0.15, 0.2) is 22.4 Å². The maximum Gasteiger partial charge on any atom is 0.255 e. The molecular weight excluding hydrogens is 324 g/mol. The molecule has 132 valence electrons. The van der Waals surface area contributed by atoms with Crippen molar-refractivity contribution < 1.29 is 10.3 Å². The standard InChI is InChI=1S/C17H26N4O2S/c1-16(2,3)11-7-10(8-12(13(11)22)17(4,5)6)14-21(15(18)20-23)19-9-24-14/h7-9,14,22-23H,1-6H3,(H2,18,20). The molecule has 2 rings (SSSR count). The maximum atomic E-state index is 10.8. The first-order valence-corrected chi connectivity index (χ1v) is 8.73. The predicted molar refractivity (Wildman–Crippen MR) is 99.6 cm³/mol. The largest absolute Gasteiger partial charge is 0.507 e. The summed E-state index contributed by atoms with van der Waals surface area (Å²) in [5.41, 5.74) is 9.67. The van der Waals surface area contributed by atoms with E-state index in [1.165, 1.54) is 16.8 Å². The fourth-order valence-electron chi connectivity index (χ4n) is 2.64. The van der Waals surface area contributed by atoms with Gasteiger partial charge in [-0.1, -0.05) is 53.3 Å². The second-order valence-electron chi connectivity index (χ2n) is 7.98. The molecule has 1 unspecified atom stereocenters. The van der Waals surface area contributed by atoms with Gasteiger partial charge in [0.2, 0.25) is 0 Å². The van der Waals surface area contributed by atoms with Crippen LogP contribution in [0.4, 0.5) is 0 Å². The molecule has 0 radical (unpaired) electrons. The Kier molecular flexibility index (Phi) is 4.77. The van der Waals surface area contributed by atoms with Gasteiger partial charge in [0.25, 0.3) is 5.96 Å². The molecule has 1 atom stereocenters. The summed E-state index contributed by atoms with van der Waals surface area (Å²) in [6.07, 6.45) is 0. The van der Waals surface area contributed by atoms with E-state index in [9.17, 15) is 5.11 Å². The van der Waals surface area contributed by atoms with Crippen LogP contribution in [0.1, 0.15) is 63.6 Å². The molecule has 4 N–H and O–H groups in total. The number of benzene rings is 1. The summed E-state index contributed by atoms with van der Waals surface area (Å²) in [5.74, 6) is 0.266. The van der Waals surface area contributed by atoms with E-state index in [4.69, 9.17) is 10.9 Å². The third kappa shape index (κ3) is 3.45. The van der Waals surface area contributed by atoms with Gasteiger partial charge in [0, 0.05) is 0 Å². The average Bonchev–Trinajstić information content (AvgIpc) is 2.93. The summed E-state index contributed by atoms with van der Waals surface area (Å²) in [7, 11) is 0. The third-order valence-electron chi connectivity index (χ3n) is 3.95. The lowest BCUT2D eigenvalue weighted by molar-refractivity contribution is 0.298. The molecule has 1 aliphatic heterocycles. The first-order valence-electron chi connectivity index (χ1n) is 7.79. The number of hydrogen-bond acceptors (Lipinski definition) is 5. The Morgan fingerprint density at radius 1 is 1.17 bits per heavy atom. The molecule has 1 heterocycles. The number of thioether (sulfide) groups is 1. The van der Waals surface area contributed by atoms with Crippen LogP contribution in [0.3, 0.4) is 0 Å². The molecule has 0 saturated carbocycles. The third-order valence-corrected chi connectivity index (χ3v) is 4.90. The van der Waals surface area contributed by atoms with Crippen molar-refractivity contribution >= 4 is 23.3 Å². The maximum absolute atomic E-state index is 10.8. The lowest BCUT2D eigenvalue weighted by atomic mass is 9.78. The minimum atomic E-state index is -0.233. The highest BCUT2D eigenvalue weighted by atomic mass is 32.2. The van der Waals surface area contributed by atoms with Crippen LogP contribution in [0.2, 0.25) is 0 Å². The zero-order valence-corrected chi connectivity index (χ0v) is 15.8. The van der Waals surface area contributed by atoms with Crippen molar-refractivity contribution in [2.75, 3.05) is 0 Å². The first kappa shape index (κ1) is 18.4. The number of guanidine groups is 1. The molecule has 7 heteroatoms. The molecule has 0 spiro atoms. The van der Waals surface area contributed by atoms with Crippen LogP contribution in [0.5, 0.6) is 5.75 Å². The Hall–Kier alpha value is -1.89. The number of hydrogen-bond donors (Lipinski definition) is 3. The first-order chi connectivity index (χ1) is 11.0. The van der Waals surface area contributed by atoms with Crippen molar-refractivity contribution in [1.29, 1.82) is 0 Å². The van der Waals surface area contributed by atoms with Gasteiger partial charge in [-0.25, -0.2) is 5.01 Å². The molecule has 0 aromatic heterocycles. The number of nitrogens with zero attached hydrogens (tertiary/aromatic N) is 3. The van der Waals surface area contributed by atoms with Crippen molar-refractivity contribution in [2.45, 2.75) is 57.7 Å². The molecule has 0 aliphatic carbocycles. The van der Waals surface area contributed by atoms with E-state index in [-0.39, 0.29) is 22.2 Å². The summed E-state index contributed by atoms with van der Waals surface area (Å²) in [6, 6.07) is 3.96. The van der Waals surface area contributed by atoms with Gasteiger partial charge in [0.15, 0.2) is 0 Å². The molecular formula is C17H26N4O2S. The Morgan fingerprint density at radius 3 is 2.08 bits per heavy atom. The Bertz CT molecular complexity index is 652. The molecule has 0 fully saturated rings. The highest BCUT2D eigenvalue weighted by Crippen LogP contribution is 2.44. The number of phenols is 1. The summed E-state index contributed by atoms with van der Waals surface area (Å²) < 4.78 is 0. The summed E-state index contributed by atoms with van der Waals surface area (Å²) in [4.78, 5) is 0. The van der Waals surface area contributed by atoms with Crippen LogP contribution in [-0.2, 0) is 10.8 Å². The summed E-state index contributed by atoms with van der Waals surface area (Å²) >= 11 is 1.47. The zero-order valence-electron chi connectivity index (χ0n) is 15.0. The van der Waals surface area contributed by atoms with Crippen LogP contribution in [-0.4, -0.2) is 26.8 Å². The smallest absolute Gasteiger partial charge is 0.255 e. The molecule has 1 aromatic carbocycles. The minimum Gasteiger partial charge on any atom is -0.507 e. The van der Waals surface area contributed by atoms with Gasteiger partial charge in [-0.15, -0.1) is 0 Å². The Labute approximate surface area is 147 Å². The lowest BCUT2D eigenvalue weighted by Crippen LogP contribution is -2.33. The predicted octanol–water partition coefficient (Wildman–Crippen LogP) is 3.68. The fraction of sp³-hybridized carbons (Fsp3) is 0.529. The highest BCUT2D eigenvalue weighted by molar-refractivity contribution is 8.12. The summed E-state index contributed by atoms with van der Waals surface area (Å²) in [6.45, 7) is 12.4. The van der Waals surface area contributed by atoms with Gasteiger partial charge in [-0.2, -0.15) is 5.10 Å². The van der Waals surface area contributed by atoms with Crippen molar-refractivity contribution in [3.8, 4) is 5.75 Å². The van der Waals surface area contributed by atoms with E-state index in [1.54, 1.807) is 5.55 Å². The Balaban J connectivity index is 2.63. The number of nitrogens with two attached hydrogens (primary N) is 1. The topological polar surface area (TPSA) is 94.4 Å². The minimum absolute atomic E-state index is 0.0658. The molecule has 0 saturated heterocycles. The number of oxime groups is 1. The van der Waals surface area contributed by atoms with Crippen molar-refractivity contribution in [2.24, 2.45) is 16.0 Å². The van der Waals surface area contributed by atoms with Gasteiger partial charge in [0.1, 0.15) is 11.1 Å². The molecule has 6 nitrogen and oxygen atoms in total. The van der Waals surface area contributed by atoms with E-state index < -0.39 is 0 Å². The number of aromatic hydroxyl groups is 1.